The molecule has 2 N–H and O–H groups in total. The highest BCUT2D eigenvalue weighted by molar-refractivity contribution is 5.90. The fraction of sp³-hybridized carbons (Fsp3) is 0.438. The number of nitrogens with one attached hydrogen (secondary N) is 2. The Bertz CT molecular complexity index is 605. The summed E-state index contributed by atoms with van der Waals surface area (Å²) in [7, 11) is 0. The Kier molecular flexibility index (Phi) is 4.80. The monoisotopic (exact) mass is 299 g/mol. The highest BCUT2D eigenvalue weighted by atomic mass is 16.1. The van der Waals surface area contributed by atoms with Crippen LogP contribution in [0.3, 0.4) is 0 Å². The number of hydrogen-bond donors (Lipinski definition) is 2. The zero-order chi connectivity index (χ0) is 15.2. The van der Waals surface area contributed by atoms with Crippen LogP contribution in [0.1, 0.15) is 31.2 Å². The minimum absolute atomic E-state index is 0.0756. The molecule has 116 valence electrons. The molecule has 6 nitrogen and oxygen atoms in total. The van der Waals surface area contributed by atoms with Gasteiger partial charge in [-0.3, -0.25) is 4.79 Å². The number of hydrogen-bond acceptors (Lipinski definition) is 4. The van der Waals surface area contributed by atoms with Gasteiger partial charge in [-0.1, -0.05) is 12.1 Å². The Balaban J connectivity index is 1.52. The molecule has 22 heavy (non-hydrogen) atoms. The van der Waals surface area contributed by atoms with Crippen LogP contribution in [0.15, 0.2) is 36.9 Å². The number of carbonyl (C=O) groups is 1. The summed E-state index contributed by atoms with van der Waals surface area (Å²) in [4.78, 5) is 16.0. The maximum absolute atomic E-state index is 12.0. The van der Waals surface area contributed by atoms with Crippen molar-refractivity contribution in [3.8, 4) is 0 Å². The van der Waals surface area contributed by atoms with E-state index in [2.05, 4.69) is 20.7 Å². The average molecular weight is 299 g/mol. The van der Waals surface area contributed by atoms with E-state index in [1.54, 1.807) is 11.0 Å². The first kappa shape index (κ1) is 14.7. The van der Waals surface area contributed by atoms with E-state index in [-0.39, 0.29) is 5.91 Å². The normalized spacial score (nSPS) is 17.5. The molecule has 1 aromatic heterocycles. The third kappa shape index (κ3) is 4.14. The topological polar surface area (TPSA) is 71.8 Å². The number of amides is 1. The van der Waals surface area contributed by atoms with E-state index in [0.29, 0.717) is 19.0 Å². The Morgan fingerprint density at radius 3 is 3.18 bits per heavy atom. The first-order valence-electron chi connectivity index (χ1n) is 7.74. The lowest BCUT2D eigenvalue weighted by Gasteiger charge is -2.11. The van der Waals surface area contributed by atoms with E-state index < -0.39 is 0 Å². The number of carbonyl (C=O) groups excluding carboxylic acids is 1. The van der Waals surface area contributed by atoms with Crippen molar-refractivity contribution in [1.29, 1.82) is 0 Å². The second-order valence-corrected chi connectivity index (χ2v) is 5.67. The van der Waals surface area contributed by atoms with Gasteiger partial charge in [0.05, 0.1) is 6.54 Å². The summed E-state index contributed by atoms with van der Waals surface area (Å²) in [5.74, 6) is 0.0756. The first-order chi connectivity index (χ1) is 10.8. The van der Waals surface area contributed by atoms with Gasteiger partial charge in [0.25, 0.3) is 0 Å². The molecule has 1 amide bonds. The van der Waals surface area contributed by atoms with Crippen molar-refractivity contribution < 1.29 is 4.79 Å². The van der Waals surface area contributed by atoms with Gasteiger partial charge in [-0.2, -0.15) is 5.10 Å². The van der Waals surface area contributed by atoms with Crippen molar-refractivity contribution in [2.45, 2.75) is 38.3 Å². The molecule has 1 aliphatic rings. The summed E-state index contributed by atoms with van der Waals surface area (Å²) in [6.45, 7) is 1.73. The van der Waals surface area contributed by atoms with Crippen LogP contribution in [0, 0.1) is 0 Å². The van der Waals surface area contributed by atoms with E-state index in [9.17, 15) is 4.79 Å². The zero-order valence-electron chi connectivity index (χ0n) is 12.5. The molecule has 1 unspecified atom stereocenters. The van der Waals surface area contributed by atoms with Crippen LogP contribution in [-0.4, -0.2) is 33.3 Å². The fourth-order valence-electron chi connectivity index (χ4n) is 2.78. The highest BCUT2D eigenvalue weighted by Gasteiger charge is 2.15. The predicted octanol–water partition coefficient (Wildman–Crippen LogP) is 1.80. The molecule has 1 aliphatic heterocycles. The van der Waals surface area contributed by atoms with Crippen LogP contribution >= 0.6 is 0 Å². The standard InChI is InChI=1S/C16H21N5O/c22-16(7-6-14-5-2-8-18-14)20-15-4-1-3-13(9-15)10-21-12-17-11-19-21/h1,3-4,9,11-12,14,18H,2,5-8,10H2,(H,20,22). The molecular weight excluding hydrogens is 278 g/mol. The van der Waals surface area contributed by atoms with Crippen LogP contribution < -0.4 is 10.6 Å². The van der Waals surface area contributed by atoms with Gasteiger partial charge in [-0.15, -0.1) is 0 Å². The van der Waals surface area contributed by atoms with Gasteiger partial charge in [0.15, 0.2) is 0 Å². The van der Waals surface area contributed by atoms with Crippen molar-refractivity contribution >= 4 is 11.6 Å². The molecular formula is C16H21N5O. The van der Waals surface area contributed by atoms with E-state index in [1.165, 1.54) is 19.2 Å². The molecule has 0 radical (unpaired) electrons. The fourth-order valence-corrected chi connectivity index (χ4v) is 2.78. The third-order valence-electron chi connectivity index (χ3n) is 3.90. The lowest BCUT2D eigenvalue weighted by Crippen LogP contribution is -2.23. The van der Waals surface area contributed by atoms with Crippen LogP contribution in [0.25, 0.3) is 0 Å². The van der Waals surface area contributed by atoms with Crippen molar-refractivity contribution in [2.24, 2.45) is 0 Å². The number of aromatic nitrogens is 3. The van der Waals surface area contributed by atoms with Crippen molar-refractivity contribution in [3.63, 3.8) is 0 Å². The molecule has 0 bridgehead atoms. The molecule has 3 rings (SSSR count). The van der Waals surface area contributed by atoms with Crippen LogP contribution in [-0.2, 0) is 11.3 Å². The average Bonchev–Trinajstić information content (AvgIpc) is 3.19. The van der Waals surface area contributed by atoms with Crippen molar-refractivity contribution in [2.75, 3.05) is 11.9 Å². The number of benzene rings is 1. The van der Waals surface area contributed by atoms with Crippen molar-refractivity contribution in [1.82, 2.24) is 20.1 Å². The van der Waals surface area contributed by atoms with Gasteiger partial charge in [0.1, 0.15) is 12.7 Å². The van der Waals surface area contributed by atoms with Gasteiger partial charge >= 0.3 is 0 Å². The minimum Gasteiger partial charge on any atom is -0.326 e. The number of anilines is 1. The summed E-state index contributed by atoms with van der Waals surface area (Å²) in [6, 6.07) is 8.36. The first-order valence-corrected chi connectivity index (χ1v) is 7.74. The summed E-state index contributed by atoms with van der Waals surface area (Å²) < 4.78 is 1.76. The molecule has 0 spiro atoms. The molecule has 0 aliphatic carbocycles. The maximum atomic E-state index is 12.0. The molecule has 6 heteroatoms. The Labute approximate surface area is 129 Å². The lowest BCUT2D eigenvalue weighted by atomic mass is 10.1. The second-order valence-electron chi connectivity index (χ2n) is 5.67. The van der Waals surface area contributed by atoms with Gasteiger partial charge in [-0.25, -0.2) is 9.67 Å². The van der Waals surface area contributed by atoms with Gasteiger partial charge < -0.3 is 10.6 Å². The third-order valence-corrected chi connectivity index (χ3v) is 3.90. The molecule has 2 heterocycles. The SMILES string of the molecule is O=C(CCC1CCCN1)Nc1cccc(Cn2cncn2)c1. The highest BCUT2D eigenvalue weighted by Crippen LogP contribution is 2.14. The molecule has 1 aromatic carbocycles. The molecule has 2 aromatic rings. The summed E-state index contributed by atoms with van der Waals surface area (Å²) in [6.07, 6.45) is 7.06. The Hall–Kier alpha value is -2.21. The second kappa shape index (κ2) is 7.17. The Morgan fingerprint density at radius 1 is 1.45 bits per heavy atom. The van der Waals surface area contributed by atoms with E-state index in [0.717, 1.165) is 24.2 Å². The summed E-state index contributed by atoms with van der Waals surface area (Å²) in [5.41, 5.74) is 1.92. The van der Waals surface area contributed by atoms with E-state index >= 15 is 0 Å². The zero-order valence-corrected chi connectivity index (χ0v) is 12.5. The van der Waals surface area contributed by atoms with Gasteiger partial charge in [0.2, 0.25) is 5.91 Å². The smallest absolute Gasteiger partial charge is 0.224 e. The number of nitrogens with zero attached hydrogens (tertiary/aromatic N) is 3. The van der Waals surface area contributed by atoms with Crippen LogP contribution in [0.2, 0.25) is 0 Å². The van der Waals surface area contributed by atoms with E-state index in [1.807, 2.05) is 24.3 Å². The quantitative estimate of drug-likeness (QED) is 0.853. The number of rotatable bonds is 6. The largest absolute Gasteiger partial charge is 0.326 e. The lowest BCUT2D eigenvalue weighted by molar-refractivity contribution is -0.116. The Morgan fingerprint density at radius 2 is 2.41 bits per heavy atom. The molecule has 0 saturated carbocycles. The van der Waals surface area contributed by atoms with Crippen molar-refractivity contribution in [3.05, 3.63) is 42.5 Å². The summed E-state index contributed by atoms with van der Waals surface area (Å²) in [5, 5.41) is 10.5. The maximum Gasteiger partial charge on any atom is 0.224 e. The van der Waals surface area contributed by atoms with Crippen LogP contribution in [0.5, 0.6) is 0 Å². The van der Waals surface area contributed by atoms with E-state index in [4.69, 9.17) is 0 Å². The molecule has 1 atom stereocenters. The van der Waals surface area contributed by atoms with Gasteiger partial charge in [0, 0.05) is 18.2 Å². The van der Waals surface area contributed by atoms with Crippen LogP contribution in [0.4, 0.5) is 5.69 Å². The van der Waals surface area contributed by atoms with Gasteiger partial charge in [-0.05, 0) is 43.5 Å². The summed E-state index contributed by atoms with van der Waals surface area (Å²) >= 11 is 0. The minimum atomic E-state index is 0.0756. The molecule has 1 fully saturated rings. The molecule has 1 saturated heterocycles. The predicted molar refractivity (Wildman–Crippen MR) is 84.5 cm³/mol.